The van der Waals surface area contributed by atoms with Crippen molar-refractivity contribution in [3.05, 3.63) is 28.3 Å². The van der Waals surface area contributed by atoms with Crippen LogP contribution in [0.1, 0.15) is 13.8 Å². The molecule has 6 nitrogen and oxygen atoms in total. The quantitative estimate of drug-likeness (QED) is 0.439. The number of nitro benzene ring substituents is 1. The van der Waals surface area contributed by atoms with Gasteiger partial charge in [0.25, 0.3) is 5.91 Å². The van der Waals surface area contributed by atoms with Crippen LogP contribution in [0.4, 0.5) is 5.69 Å². The molecule has 0 fully saturated rings. The SMILES string of the molecule is CCN(CC)C(=O)COc1ccc(SC)cc1[N+](=O)[O-]. The zero-order valence-corrected chi connectivity index (χ0v) is 12.6. The fourth-order valence-corrected chi connectivity index (χ4v) is 2.13. The summed E-state index contributed by atoms with van der Waals surface area (Å²) in [5.41, 5.74) is -0.121. The molecule has 0 aromatic heterocycles. The summed E-state index contributed by atoms with van der Waals surface area (Å²) in [5, 5.41) is 11.0. The number of hydrogen-bond donors (Lipinski definition) is 0. The van der Waals surface area contributed by atoms with Crippen LogP contribution in [0.25, 0.3) is 0 Å². The van der Waals surface area contributed by atoms with E-state index in [0.29, 0.717) is 13.1 Å². The van der Waals surface area contributed by atoms with Gasteiger partial charge in [-0.2, -0.15) is 0 Å². The molecule has 7 heteroatoms. The topological polar surface area (TPSA) is 72.7 Å². The van der Waals surface area contributed by atoms with Crippen LogP contribution in [-0.4, -0.2) is 41.7 Å². The van der Waals surface area contributed by atoms with Crippen LogP contribution in [0.3, 0.4) is 0 Å². The lowest BCUT2D eigenvalue weighted by molar-refractivity contribution is -0.386. The van der Waals surface area contributed by atoms with Crippen molar-refractivity contribution in [2.24, 2.45) is 0 Å². The molecule has 110 valence electrons. The lowest BCUT2D eigenvalue weighted by Gasteiger charge is -2.18. The molecular formula is C13H18N2O4S. The molecule has 0 atom stereocenters. The monoisotopic (exact) mass is 298 g/mol. The Balaban J connectivity index is 2.82. The third-order valence-corrected chi connectivity index (χ3v) is 3.56. The van der Waals surface area contributed by atoms with Gasteiger partial charge in [-0.05, 0) is 32.2 Å². The van der Waals surface area contributed by atoms with Crippen molar-refractivity contribution in [3.8, 4) is 5.75 Å². The van der Waals surface area contributed by atoms with Crippen molar-refractivity contribution in [1.82, 2.24) is 4.90 Å². The van der Waals surface area contributed by atoms with Gasteiger partial charge in [-0.25, -0.2) is 0 Å². The van der Waals surface area contributed by atoms with Gasteiger partial charge in [0.2, 0.25) is 0 Å². The maximum Gasteiger partial charge on any atom is 0.312 e. The number of amides is 1. The van der Waals surface area contributed by atoms with Gasteiger partial charge in [-0.3, -0.25) is 14.9 Å². The first-order chi connectivity index (χ1) is 9.53. The average molecular weight is 298 g/mol. The van der Waals surface area contributed by atoms with Crippen molar-refractivity contribution in [3.63, 3.8) is 0 Å². The number of carbonyl (C=O) groups is 1. The molecule has 0 heterocycles. The molecule has 1 rings (SSSR count). The molecular weight excluding hydrogens is 280 g/mol. The lowest BCUT2D eigenvalue weighted by Crippen LogP contribution is -2.34. The van der Waals surface area contributed by atoms with Gasteiger partial charge >= 0.3 is 5.69 Å². The molecule has 1 amide bonds. The van der Waals surface area contributed by atoms with Crippen LogP contribution in [0, 0.1) is 10.1 Å². The second kappa shape index (κ2) is 7.74. The molecule has 20 heavy (non-hydrogen) atoms. The smallest absolute Gasteiger partial charge is 0.312 e. The Labute approximate surface area is 122 Å². The van der Waals surface area contributed by atoms with Crippen LogP contribution in [0.15, 0.2) is 23.1 Å². The maximum absolute atomic E-state index is 11.8. The second-order valence-corrected chi connectivity index (χ2v) is 4.83. The van der Waals surface area contributed by atoms with E-state index in [-0.39, 0.29) is 24.0 Å². The molecule has 0 radical (unpaired) electrons. The molecule has 0 saturated heterocycles. The van der Waals surface area contributed by atoms with Crippen molar-refractivity contribution < 1.29 is 14.5 Å². The van der Waals surface area contributed by atoms with Gasteiger partial charge in [0.05, 0.1) is 4.92 Å². The van der Waals surface area contributed by atoms with Crippen molar-refractivity contribution in [1.29, 1.82) is 0 Å². The summed E-state index contributed by atoms with van der Waals surface area (Å²) in [6, 6.07) is 4.70. The maximum atomic E-state index is 11.8. The molecule has 0 unspecified atom stereocenters. The number of benzene rings is 1. The number of ether oxygens (including phenoxy) is 1. The summed E-state index contributed by atoms with van der Waals surface area (Å²) >= 11 is 1.41. The zero-order valence-electron chi connectivity index (χ0n) is 11.8. The first kappa shape index (κ1) is 16.3. The molecule has 0 saturated carbocycles. The van der Waals surface area contributed by atoms with E-state index in [4.69, 9.17) is 4.74 Å². The van der Waals surface area contributed by atoms with Crippen LogP contribution >= 0.6 is 11.8 Å². The Hall–Kier alpha value is -1.76. The molecule has 1 aromatic rings. The minimum Gasteiger partial charge on any atom is -0.477 e. The number of rotatable bonds is 7. The molecule has 0 bridgehead atoms. The Morgan fingerprint density at radius 3 is 2.55 bits per heavy atom. The van der Waals surface area contributed by atoms with E-state index in [1.807, 2.05) is 20.1 Å². The number of nitro groups is 1. The lowest BCUT2D eigenvalue weighted by atomic mass is 10.3. The predicted octanol–water partition coefficient (Wildman–Crippen LogP) is 2.56. The third kappa shape index (κ3) is 4.12. The summed E-state index contributed by atoms with van der Waals surface area (Å²) in [6.07, 6.45) is 1.84. The Morgan fingerprint density at radius 1 is 1.40 bits per heavy atom. The van der Waals surface area contributed by atoms with Gasteiger partial charge in [0.1, 0.15) is 0 Å². The van der Waals surface area contributed by atoms with E-state index >= 15 is 0 Å². The number of likely N-dealkylation sites (N-methyl/N-ethyl adjacent to an activating group) is 1. The predicted molar refractivity (Wildman–Crippen MR) is 78.3 cm³/mol. The normalized spacial score (nSPS) is 10.2. The summed E-state index contributed by atoms with van der Waals surface area (Å²) in [7, 11) is 0. The standard InChI is InChI=1S/C13H18N2O4S/c1-4-14(5-2)13(16)9-19-12-7-6-10(20-3)8-11(12)15(17)18/h6-8H,4-5,9H2,1-3H3. The van der Waals surface area contributed by atoms with E-state index in [0.717, 1.165) is 4.90 Å². The summed E-state index contributed by atoms with van der Waals surface area (Å²) in [6.45, 7) is 4.73. The van der Waals surface area contributed by atoms with E-state index in [2.05, 4.69) is 0 Å². The average Bonchev–Trinajstić information content (AvgIpc) is 2.46. The van der Waals surface area contributed by atoms with Gasteiger partial charge in [-0.15, -0.1) is 11.8 Å². The Kier molecular flexibility index (Phi) is 6.30. The summed E-state index contributed by atoms with van der Waals surface area (Å²) in [5.74, 6) is -0.0634. The van der Waals surface area contributed by atoms with Crippen LogP contribution in [-0.2, 0) is 4.79 Å². The fourth-order valence-electron chi connectivity index (χ4n) is 1.70. The third-order valence-electron chi connectivity index (χ3n) is 2.83. The molecule has 0 aliphatic rings. The number of nitrogens with zero attached hydrogens (tertiary/aromatic N) is 2. The fraction of sp³-hybridized carbons (Fsp3) is 0.462. The van der Waals surface area contributed by atoms with Gasteiger partial charge < -0.3 is 9.64 Å². The summed E-state index contributed by atoms with van der Waals surface area (Å²) in [4.78, 5) is 24.7. The highest BCUT2D eigenvalue weighted by Gasteiger charge is 2.18. The zero-order chi connectivity index (χ0) is 15.1. The highest BCUT2D eigenvalue weighted by atomic mass is 32.2. The number of carbonyl (C=O) groups excluding carboxylic acids is 1. The highest BCUT2D eigenvalue weighted by molar-refractivity contribution is 7.98. The van der Waals surface area contributed by atoms with Crippen molar-refractivity contribution >= 4 is 23.4 Å². The first-order valence-corrected chi connectivity index (χ1v) is 7.48. The highest BCUT2D eigenvalue weighted by Crippen LogP contribution is 2.31. The van der Waals surface area contributed by atoms with E-state index in [1.54, 1.807) is 11.0 Å². The van der Waals surface area contributed by atoms with E-state index in [1.165, 1.54) is 23.9 Å². The molecule has 0 aliphatic heterocycles. The van der Waals surface area contributed by atoms with Gasteiger partial charge in [0.15, 0.2) is 12.4 Å². The van der Waals surface area contributed by atoms with Crippen LogP contribution < -0.4 is 4.74 Å². The van der Waals surface area contributed by atoms with Crippen molar-refractivity contribution in [2.45, 2.75) is 18.7 Å². The Morgan fingerprint density at radius 2 is 2.05 bits per heavy atom. The van der Waals surface area contributed by atoms with Crippen LogP contribution in [0.2, 0.25) is 0 Å². The first-order valence-electron chi connectivity index (χ1n) is 6.26. The molecule has 0 spiro atoms. The minimum absolute atomic E-state index is 0.119. The minimum atomic E-state index is -0.503. The van der Waals surface area contributed by atoms with Gasteiger partial charge in [-0.1, -0.05) is 0 Å². The number of thioether (sulfide) groups is 1. The largest absolute Gasteiger partial charge is 0.477 e. The van der Waals surface area contributed by atoms with Crippen molar-refractivity contribution in [2.75, 3.05) is 26.0 Å². The Bertz CT molecular complexity index is 489. The second-order valence-electron chi connectivity index (χ2n) is 3.95. The van der Waals surface area contributed by atoms with Crippen LogP contribution in [0.5, 0.6) is 5.75 Å². The molecule has 0 N–H and O–H groups in total. The van der Waals surface area contributed by atoms with E-state index in [9.17, 15) is 14.9 Å². The summed E-state index contributed by atoms with van der Waals surface area (Å²) < 4.78 is 5.30. The number of hydrogen-bond acceptors (Lipinski definition) is 5. The molecule has 1 aromatic carbocycles. The van der Waals surface area contributed by atoms with Gasteiger partial charge in [0, 0.05) is 24.1 Å². The van der Waals surface area contributed by atoms with E-state index < -0.39 is 4.92 Å². The molecule has 0 aliphatic carbocycles.